The van der Waals surface area contributed by atoms with Crippen molar-refractivity contribution in [2.75, 3.05) is 26.1 Å². The van der Waals surface area contributed by atoms with Gasteiger partial charge in [-0.1, -0.05) is 24.4 Å². The van der Waals surface area contributed by atoms with Gasteiger partial charge in [-0.3, -0.25) is 9.29 Å². The molecular weight excluding hydrogens is 562 g/mol. The zero-order chi connectivity index (χ0) is 28.4. The van der Waals surface area contributed by atoms with E-state index in [9.17, 15) is 17.2 Å². The molecule has 1 fully saturated rings. The average Bonchev–Trinajstić information content (AvgIpc) is 3.57. The van der Waals surface area contributed by atoms with E-state index in [0.29, 0.717) is 12.8 Å². The molecule has 3 heterocycles. The minimum atomic E-state index is -4.32. The largest absolute Gasteiger partial charge is 0.479 e. The van der Waals surface area contributed by atoms with Gasteiger partial charge in [0.15, 0.2) is 17.3 Å². The number of methoxy groups -OCH3 is 3. The van der Waals surface area contributed by atoms with E-state index < -0.39 is 33.2 Å². The van der Waals surface area contributed by atoms with Gasteiger partial charge >= 0.3 is 0 Å². The molecule has 13 nitrogen and oxygen atoms in total. The van der Waals surface area contributed by atoms with E-state index in [1.165, 1.54) is 40.6 Å². The van der Waals surface area contributed by atoms with Crippen LogP contribution in [0.4, 0.5) is 14.7 Å². The van der Waals surface area contributed by atoms with Crippen molar-refractivity contribution in [3.8, 4) is 17.4 Å². The molecule has 1 aliphatic rings. The topological polar surface area (TPSA) is 156 Å². The fourth-order valence-corrected chi connectivity index (χ4v) is 5.85. The van der Waals surface area contributed by atoms with Gasteiger partial charge in [0.25, 0.3) is 6.43 Å². The van der Waals surface area contributed by atoms with Crippen LogP contribution in [-0.4, -0.2) is 76.1 Å². The molecule has 39 heavy (non-hydrogen) atoms. The molecule has 0 amide bonds. The molecule has 0 aliphatic heterocycles. The molecule has 1 N–H and O–H groups in total. The predicted octanol–water partition coefficient (Wildman–Crippen LogP) is 3.11. The predicted molar refractivity (Wildman–Crippen MR) is 135 cm³/mol. The summed E-state index contributed by atoms with van der Waals surface area (Å²) in [5.74, 6) is -0.617. The number of rotatable bonds is 11. The molecule has 0 saturated heterocycles. The molecule has 0 bridgehead atoms. The Kier molecular flexibility index (Phi) is 8.46. The third-order valence-corrected chi connectivity index (χ3v) is 8.57. The first kappa shape index (κ1) is 28.8. The van der Waals surface area contributed by atoms with Gasteiger partial charge in [0.05, 0.1) is 24.7 Å². The average molecular weight is 589 g/mol. The lowest BCUT2D eigenvalue weighted by molar-refractivity contribution is 0.0460. The zero-order valence-corrected chi connectivity index (χ0v) is 23.1. The first-order valence-electron chi connectivity index (χ1n) is 11.8. The van der Waals surface area contributed by atoms with Gasteiger partial charge in [0.2, 0.25) is 27.7 Å². The fourth-order valence-electron chi connectivity index (χ4n) is 4.63. The van der Waals surface area contributed by atoms with E-state index in [2.05, 4.69) is 34.9 Å². The zero-order valence-electron chi connectivity index (χ0n) is 21.5. The van der Waals surface area contributed by atoms with E-state index in [1.807, 2.05) is 0 Å². The molecule has 1 aliphatic carbocycles. The van der Waals surface area contributed by atoms with E-state index in [1.54, 1.807) is 0 Å². The van der Waals surface area contributed by atoms with Crippen molar-refractivity contribution >= 4 is 27.6 Å². The number of nitrogens with one attached hydrogen (secondary N) is 1. The molecule has 3 aromatic rings. The van der Waals surface area contributed by atoms with Crippen molar-refractivity contribution in [3.63, 3.8) is 0 Å². The number of nitrogens with zero attached hydrogens (tertiary/aromatic N) is 7. The van der Waals surface area contributed by atoms with E-state index in [0.717, 1.165) is 10.9 Å². The summed E-state index contributed by atoms with van der Waals surface area (Å²) in [7, 11) is -0.391. The van der Waals surface area contributed by atoms with Crippen molar-refractivity contribution in [1.82, 2.24) is 34.7 Å². The quantitative estimate of drug-likeness (QED) is 0.351. The fraction of sp³-hybridized carbons (Fsp3) is 0.545. The minimum Gasteiger partial charge on any atom is -0.479 e. The molecule has 4 rings (SSSR count). The van der Waals surface area contributed by atoms with Crippen LogP contribution in [0.3, 0.4) is 0 Å². The third kappa shape index (κ3) is 5.32. The summed E-state index contributed by atoms with van der Waals surface area (Å²) in [6.45, 7) is 1.38. The van der Waals surface area contributed by atoms with E-state index in [4.69, 9.17) is 25.8 Å². The summed E-state index contributed by atoms with van der Waals surface area (Å²) in [6.07, 6.45) is 1.15. The minimum absolute atomic E-state index is 0.0379. The van der Waals surface area contributed by atoms with Crippen molar-refractivity contribution in [2.24, 2.45) is 0 Å². The second-order valence-electron chi connectivity index (χ2n) is 8.86. The Hall–Kier alpha value is -3.24. The normalized spacial score (nSPS) is 16.7. The highest BCUT2D eigenvalue weighted by Crippen LogP contribution is 2.47. The lowest BCUT2D eigenvalue weighted by Gasteiger charge is -2.28. The number of alkyl halides is 2. The number of halogens is 3. The van der Waals surface area contributed by atoms with Crippen molar-refractivity contribution in [3.05, 3.63) is 35.4 Å². The maximum Gasteiger partial charge on any atom is 0.251 e. The summed E-state index contributed by atoms with van der Waals surface area (Å²) in [5, 5.41) is 7.04. The second-order valence-corrected chi connectivity index (χ2v) is 11.3. The Morgan fingerprint density at radius 1 is 1.03 bits per heavy atom. The van der Waals surface area contributed by atoms with Crippen LogP contribution >= 0.6 is 11.6 Å². The standard InChI is InChI=1S/C22H27ClF2N8O5S/c1-12(15(36-2)16-26-9-13(23)10-27-16)39(34,35)32-21-31-30-20(22(19(24)25)7-5-6-8-22)33(21)14-17(37-3)28-11-29-18(14)38-4/h9-12,15,19H,5-8H2,1-4H3,(H,31,32)/t12-,15-/m0/s1. The van der Waals surface area contributed by atoms with Crippen LogP contribution in [0.1, 0.15) is 50.4 Å². The molecule has 3 aromatic heterocycles. The second kappa shape index (κ2) is 11.5. The summed E-state index contributed by atoms with van der Waals surface area (Å²) in [4.78, 5) is 16.2. The molecule has 212 valence electrons. The van der Waals surface area contributed by atoms with Crippen LogP contribution in [0.25, 0.3) is 5.69 Å². The molecule has 17 heteroatoms. The van der Waals surface area contributed by atoms with Gasteiger partial charge in [-0.15, -0.1) is 10.2 Å². The summed E-state index contributed by atoms with van der Waals surface area (Å²) in [6, 6.07) is 0. The van der Waals surface area contributed by atoms with E-state index in [-0.39, 0.29) is 52.9 Å². The Morgan fingerprint density at radius 3 is 2.13 bits per heavy atom. The van der Waals surface area contributed by atoms with Gasteiger partial charge in [0.1, 0.15) is 17.7 Å². The highest BCUT2D eigenvalue weighted by Gasteiger charge is 2.49. The Morgan fingerprint density at radius 2 is 1.62 bits per heavy atom. The van der Waals surface area contributed by atoms with Crippen LogP contribution in [0.15, 0.2) is 18.7 Å². The number of aromatic nitrogens is 7. The molecule has 0 aromatic carbocycles. The monoisotopic (exact) mass is 588 g/mol. The van der Waals surface area contributed by atoms with Crippen molar-refractivity contribution in [2.45, 2.75) is 55.8 Å². The molecule has 0 unspecified atom stereocenters. The summed E-state index contributed by atoms with van der Waals surface area (Å²) >= 11 is 5.85. The summed E-state index contributed by atoms with van der Waals surface area (Å²) in [5.41, 5.74) is -1.73. The Labute approximate surface area is 228 Å². The maximum absolute atomic E-state index is 14.6. The highest BCUT2D eigenvalue weighted by molar-refractivity contribution is 7.93. The molecule has 1 saturated carbocycles. The van der Waals surface area contributed by atoms with Crippen LogP contribution in [-0.2, 0) is 20.2 Å². The molecule has 0 radical (unpaired) electrons. The van der Waals surface area contributed by atoms with Crippen LogP contribution < -0.4 is 14.2 Å². The highest BCUT2D eigenvalue weighted by atomic mass is 35.5. The molecule has 2 atom stereocenters. The smallest absolute Gasteiger partial charge is 0.251 e. The van der Waals surface area contributed by atoms with Gasteiger partial charge in [0, 0.05) is 19.5 Å². The SMILES string of the molecule is COc1ncnc(OC)c1-n1c(NS(=O)(=O)[C@@H](C)[C@H](OC)c2ncc(Cl)cn2)nnc1C1(C(F)F)CCCC1. The first-order valence-corrected chi connectivity index (χ1v) is 13.7. The third-order valence-electron chi connectivity index (χ3n) is 6.69. The number of hydrogen-bond donors (Lipinski definition) is 1. The van der Waals surface area contributed by atoms with E-state index >= 15 is 0 Å². The Bertz CT molecular complexity index is 1380. The van der Waals surface area contributed by atoms with Gasteiger partial charge < -0.3 is 14.2 Å². The number of hydrogen-bond acceptors (Lipinski definition) is 11. The molecule has 0 spiro atoms. The van der Waals surface area contributed by atoms with Gasteiger partial charge in [-0.2, -0.15) is 9.97 Å². The lowest BCUT2D eigenvalue weighted by Crippen LogP contribution is -2.36. The van der Waals surface area contributed by atoms with Crippen LogP contribution in [0.2, 0.25) is 5.02 Å². The maximum atomic E-state index is 14.6. The van der Waals surface area contributed by atoms with Gasteiger partial charge in [-0.05, 0) is 19.8 Å². The van der Waals surface area contributed by atoms with Crippen LogP contribution in [0, 0.1) is 0 Å². The summed E-state index contributed by atoms with van der Waals surface area (Å²) < 4.78 is 76.0. The number of anilines is 1. The van der Waals surface area contributed by atoms with Crippen LogP contribution in [0.5, 0.6) is 11.8 Å². The number of sulfonamides is 1. The lowest BCUT2D eigenvalue weighted by atomic mass is 9.85. The van der Waals surface area contributed by atoms with Crippen molar-refractivity contribution < 1.29 is 31.4 Å². The first-order chi connectivity index (χ1) is 18.6. The Balaban J connectivity index is 1.86. The molecular formula is C22H27ClF2N8O5S. The van der Waals surface area contributed by atoms with Crippen molar-refractivity contribution in [1.29, 1.82) is 0 Å². The number of ether oxygens (including phenoxy) is 3. The van der Waals surface area contributed by atoms with Gasteiger partial charge in [-0.25, -0.2) is 27.2 Å².